The fourth-order valence-electron chi connectivity index (χ4n) is 1.13. The van der Waals surface area contributed by atoms with Crippen molar-refractivity contribution >= 4 is 0 Å². The van der Waals surface area contributed by atoms with Crippen LogP contribution >= 0.6 is 0 Å². The molecule has 0 aromatic heterocycles. The Morgan fingerprint density at radius 1 is 1.54 bits per heavy atom. The lowest BCUT2D eigenvalue weighted by atomic mass is 10.1. The van der Waals surface area contributed by atoms with Gasteiger partial charge in [-0.1, -0.05) is 6.07 Å². The molecule has 0 aliphatic carbocycles. The smallest absolute Gasteiger partial charge is 0.125 e. The normalized spacial score (nSPS) is 12.5. The van der Waals surface area contributed by atoms with Gasteiger partial charge in [0.05, 0.1) is 7.11 Å². The van der Waals surface area contributed by atoms with Crippen molar-refractivity contribution in [3.05, 3.63) is 23.8 Å². The average molecular weight is 183 g/mol. The maximum Gasteiger partial charge on any atom is 0.125 e. The van der Waals surface area contributed by atoms with Gasteiger partial charge < -0.3 is 20.7 Å². The van der Waals surface area contributed by atoms with Crippen molar-refractivity contribution in [3.63, 3.8) is 0 Å². The molecule has 0 aliphatic rings. The van der Waals surface area contributed by atoms with E-state index in [0.29, 0.717) is 12.2 Å². The molecule has 1 aromatic rings. The number of hydrogen-bond donors (Lipinski definition) is 3. The summed E-state index contributed by atoms with van der Waals surface area (Å²) in [6.45, 7) is 0. The van der Waals surface area contributed by atoms with Crippen molar-refractivity contribution < 1.29 is 14.9 Å². The van der Waals surface area contributed by atoms with Crippen LogP contribution in [0.15, 0.2) is 18.2 Å². The van der Waals surface area contributed by atoms with Gasteiger partial charge in [-0.15, -0.1) is 0 Å². The molecular weight excluding hydrogens is 170 g/mol. The molecule has 1 unspecified atom stereocenters. The zero-order valence-electron chi connectivity index (χ0n) is 7.40. The van der Waals surface area contributed by atoms with E-state index in [9.17, 15) is 0 Å². The van der Waals surface area contributed by atoms with Gasteiger partial charge in [-0.2, -0.15) is 0 Å². The highest BCUT2D eigenvalue weighted by molar-refractivity contribution is 5.40. The van der Waals surface area contributed by atoms with Crippen molar-refractivity contribution in [2.75, 3.05) is 7.11 Å². The first kappa shape index (κ1) is 9.83. The quantitative estimate of drug-likeness (QED) is 0.586. The van der Waals surface area contributed by atoms with Crippen LogP contribution in [0.5, 0.6) is 11.5 Å². The number of phenols is 1. The van der Waals surface area contributed by atoms with E-state index in [0.717, 1.165) is 5.56 Å². The van der Waals surface area contributed by atoms with Gasteiger partial charge in [0.15, 0.2) is 0 Å². The molecule has 0 fully saturated rings. The standard InChI is InChI=1S/C9H13NO3/c1-13-8-5-7(11)3-2-6(8)4-9(10)12/h2-3,5,9,11-12H,4,10H2,1H3. The average Bonchev–Trinajstić information content (AvgIpc) is 2.07. The highest BCUT2D eigenvalue weighted by Crippen LogP contribution is 2.24. The van der Waals surface area contributed by atoms with E-state index in [2.05, 4.69) is 0 Å². The lowest BCUT2D eigenvalue weighted by molar-refractivity contribution is 0.181. The van der Waals surface area contributed by atoms with Crippen LogP contribution in [0, 0.1) is 0 Å². The summed E-state index contributed by atoms with van der Waals surface area (Å²) >= 11 is 0. The minimum Gasteiger partial charge on any atom is -0.508 e. The highest BCUT2D eigenvalue weighted by Gasteiger charge is 2.06. The Morgan fingerprint density at radius 2 is 2.23 bits per heavy atom. The first-order chi connectivity index (χ1) is 6.13. The number of aromatic hydroxyl groups is 1. The summed E-state index contributed by atoms with van der Waals surface area (Å²) in [7, 11) is 1.50. The molecule has 0 aliphatic heterocycles. The Morgan fingerprint density at radius 3 is 2.77 bits per heavy atom. The molecule has 1 aromatic carbocycles. The molecule has 0 spiro atoms. The Hall–Kier alpha value is -1.26. The van der Waals surface area contributed by atoms with E-state index < -0.39 is 6.23 Å². The van der Waals surface area contributed by atoms with E-state index in [1.54, 1.807) is 6.07 Å². The van der Waals surface area contributed by atoms with Crippen LogP contribution in [-0.2, 0) is 6.42 Å². The lowest BCUT2D eigenvalue weighted by Crippen LogP contribution is -2.21. The molecule has 4 N–H and O–H groups in total. The van der Waals surface area contributed by atoms with Gasteiger partial charge in [-0.05, 0) is 11.6 Å². The molecule has 1 rings (SSSR count). The number of aliphatic hydroxyl groups excluding tert-OH is 1. The van der Waals surface area contributed by atoms with Gasteiger partial charge >= 0.3 is 0 Å². The third-order valence-electron chi connectivity index (χ3n) is 1.70. The molecule has 4 heteroatoms. The second-order valence-electron chi connectivity index (χ2n) is 2.77. The topological polar surface area (TPSA) is 75.7 Å². The van der Waals surface area contributed by atoms with E-state index in [1.807, 2.05) is 0 Å². The zero-order valence-corrected chi connectivity index (χ0v) is 7.40. The van der Waals surface area contributed by atoms with Crippen LogP contribution in [0.2, 0.25) is 0 Å². The minimum atomic E-state index is -0.904. The van der Waals surface area contributed by atoms with Crippen molar-refractivity contribution in [1.82, 2.24) is 0 Å². The van der Waals surface area contributed by atoms with Crippen LogP contribution in [-0.4, -0.2) is 23.6 Å². The van der Waals surface area contributed by atoms with Gasteiger partial charge in [0.25, 0.3) is 0 Å². The van der Waals surface area contributed by atoms with Crippen LogP contribution < -0.4 is 10.5 Å². The van der Waals surface area contributed by atoms with E-state index >= 15 is 0 Å². The molecule has 0 radical (unpaired) electrons. The zero-order chi connectivity index (χ0) is 9.84. The number of methoxy groups -OCH3 is 1. The Bertz CT molecular complexity index is 286. The van der Waals surface area contributed by atoms with Crippen molar-refractivity contribution in [1.29, 1.82) is 0 Å². The number of nitrogens with two attached hydrogens (primary N) is 1. The van der Waals surface area contributed by atoms with E-state index in [-0.39, 0.29) is 5.75 Å². The van der Waals surface area contributed by atoms with Gasteiger partial charge in [0, 0.05) is 12.5 Å². The largest absolute Gasteiger partial charge is 0.508 e. The van der Waals surface area contributed by atoms with Gasteiger partial charge in [0.1, 0.15) is 17.7 Å². The summed E-state index contributed by atoms with van der Waals surface area (Å²) in [5.74, 6) is 0.664. The van der Waals surface area contributed by atoms with Crippen molar-refractivity contribution in [3.8, 4) is 11.5 Å². The van der Waals surface area contributed by atoms with Crippen LogP contribution in [0.25, 0.3) is 0 Å². The molecule has 4 nitrogen and oxygen atoms in total. The second-order valence-corrected chi connectivity index (χ2v) is 2.77. The number of aliphatic hydroxyl groups is 1. The summed E-state index contributed by atoms with van der Waals surface area (Å²) in [4.78, 5) is 0. The molecule has 0 amide bonds. The summed E-state index contributed by atoms with van der Waals surface area (Å²) in [6, 6.07) is 4.68. The molecule has 0 heterocycles. The minimum absolute atomic E-state index is 0.132. The summed E-state index contributed by atoms with van der Waals surface area (Å²) < 4.78 is 5.00. The SMILES string of the molecule is COc1cc(O)ccc1CC(N)O. The summed E-state index contributed by atoms with van der Waals surface area (Å²) in [6.07, 6.45) is -0.595. The van der Waals surface area contributed by atoms with Gasteiger partial charge in [-0.25, -0.2) is 0 Å². The van der Waals surface area contributed by atoms with E-state index in [1.165, 1.54) is 19.2 Å². The number of phenolic OH excluding ortho intramolecular Hbond substituents is 1. The maximum absolute atomic E-state index is 9.13. The summed E-state index contributed by atoms with van der Waals surface area (Å²) in [5.41, 5.74) is 6.00. The molecule has 0 saturated carbocycles. The molecule has 0 bridgehead atoms. The van der Waals surface area contributed by atoms with Crippen molar-refractivity contribution in [2.24, 2.45) is 5.73 Å². The third kappa shape index (κ3) is 2.61. The molecule has 0 saturated heterocycles. The summed E-state index contributed by atoms with van der Waals surface area (Å²) in [5, 5.41) is 18.1. The number of benzene rings is 1. The van der Waals surface area contributed by atoms with Crippen LogP contribution in [0.3, 0.4) is 0 Å². The maximum atomic E-state index is 9.13. The predicted molar refractivity (Wildman–Crippen MR) is 48.6 cm³/mol. The fraction of sp³-hybridized carbons (Fsp3) is 0.333. The number of rotatable bonds is 3. The molecule has 1 atom stereocenters. The second kappa shape index (κ2) is 4.11. The van der Waals surface area contributed by atoms with E-state index in [4.69, 9.17) is 20.7 Å². The third-order valence-corrected chi connectivity index (χ3v) is 1.70. The molecule has 72 valence electrons. The monoisotopic (exact) mass is 183 g/mol. The Balaban J connectivity index is 2.92. The fourth-order valence-corrected chi connectivity index (χ4v) is 1.13. The van der Waals surface area contributed by atoms with Crippen molar-refractivity contribution in [2.45, 2.75) is 12.6 Å². The van der Waals surface area contributed by atoms with Gasteiger partial charge in [-0.3, -0.25) is 0 Å². The molecule has 13 heavy (non-hydrogen) atoms. The Labute approximate surface area is 76.6 Å². The predicted octanol–water partition coefficient (Wildman–Crippen LogP) is 0.220. The van der Waals surface area contributed by atoms with Gasteiger partial charge in [0.2, 0.25) is 0 Å². The van der Waals surface area contributed by atoms with Crippen LogP contribution in [0.1, 0.15) is 5.56 Å². The number of ether oxygens (including phenoxy) is 1. The van der Waals surface area contributed by atoms with Crippen LogP contribution in [0.4, 0.5) is 0 Å². The molecular formula is C9H13NO3. The number of hydrogen-bond acceptors (Lipinski definition) is 4. The first-order valence-electron chi connectivity index (χ1n) is 3.93. The lowest BCUT2D eigenvalue weighted by Gasteiger charge is -2.09. The Kier molecular flexibility index (Phi) is 3.11. The highest BCUT2D eigenvalue weighted by atomic mass is 16.5. The first-order valence-corrected chi connectivity index (χ1v) is 3.93.